The Bertz CT molecular complexity index is 582. The lowest BCUT2D eigenvalue weighted by atomic mass is 10.1. The molecule has 114 valence electrons. The van der Waals surface area contributed by atoms with Crippen molar-refractivity contribution in [1.29, 1.82) is 0 Å². The van der Waals surface area contributed by atoms with Crippen molar-refractivity contribution in [3.8, 4) is 0 Å². The number of halogens is 1. The molecule has 1 atom stereocenters. The molecule has 1 unspecified atom stereocenters. The monoisotopic (exact) mass is 307 g/mol. The Morgan fingerprint density at radius 2 is 2.00 bits per heavy atom. The van der Waals surface area contributed by atoms with Crippen LogP contribution in [0.3, 0.4) is 0 Å². The molecule has 2 rings (SSSR count). The topological polar surface area (TPSA) is 28.2 Å². The number of hydrogen-bond donors (Lipinski definition) is 1. The fraction of sp³-hybridized carbons (Fsp3) is 0.438. The predicted molar refractivity (Wildman–Crippen MR) is 87.3 cm³/mol. The number of aromatic nitrogens is 1. The average Bonchev–Trinajstić information content (AvgIpc) is 2.93. The molecular weight excluding hydrogens is 285 g/mol. The second-order valence-electron chi connectivity index (χ2n) is 5.47. The molecule has 0 saturated carbocycles. The van der Waals surface area contributed by atoms with E-state index in [9.17, 15) is 4.39 Å². The van der Waals surface area contributed by atoms with Crippen LogP contribution in [0.15, 0.2) is 29.6 Å². The van der Waals surface area contributed by atoms with Gasteiger partial charge in [-0.3, -0.25) is 0 Å². The molecule has 1 heterocycles. The molecule has 0 aliphatic heterocycles. The minimum Gasteiger partial charge on any atom is -0.344 e. The van der Waals surface area contributed by atoms with Gasteiger partial charge in [-0.05, 0) is 13.0 Å². The molecule has 0 radical (unpaired) electrons. The first kappa shape index (κ1) is 15.9. The Kier molecular flexibility index (Phi) is 5.31. The van der Waals surface area contributed by atoms with Gasteiger partial charge in [-0.15, -0.1) is 11.3 Å². The second-order valence-corrected chi connectivity index (χ2v) is 6.30. The lowest BCUT2D eigenvalue weighted by Gasteiger charge is -2.25. The van der Waals surface area contributed by atoms with Gasteiger partial charge >= 0.3 is 0 Å². The van der Waals surface area contributed by atoms with Gasteiger partial charge in [0.15, 0.2) is 5.13 Å². The highest BCUT2D eigenvalue weighted by molar-refractivity contribution is 7.13. The van der Waals surface area contributed by atoms with Gasteiger partial charge in [0.05, 0.1) is 11.7 Å². The number of anilines is 1. The molecule has 0 aliphatic carbocycles. The summed E-state index contributed by atoms with van der Waals surface area (Å²) in [7, 11) is 1.95. The van der Waals surface area contributed by atoms with Crippen LogP contribution in [0.1, 0.15) is 38.1 Å². The van der Waals surface area contributed by atoms with Crippen LogP contribution in [-0.4, -0.2) is 18.1 Å². The van der Waals surface area contributed by atoms with E-state index in [4.69, 9.17) is 0 Å². The van der Waals surface area contributed by atoms with Crippen LogP contribution in [0.25, 0.3) is 0 Å². The van der Waals surface area contributed by atoms with E-state index in [1.807, 2.05) is 31.0 Å². The zero-order chi connectivity index (χ0) is 15.4. The van der Waals surface area contributed by atoms with Gasteiger partial charge in [0, 0.05) is 30.6 Å². The Hall–Kier alpha value is -1.46. The average molecular weight is 307 g/mol. The van der Waals surface area contributed by atoms with Crippen LogP contribution in [0.2, 0.25) is 0 Å². The summed E-state index contributed by atoms with van der Waals surface area (Å²) in [5.74, 6) is -0.171. The van der Waals surface area contributed by atoms with Gasteiger partial charge in [0.1, 0.15) is 5.82 Å². The standard InChI is InChI=1S/C16H22FN3S/c1-11(2)18-9-13-10-21-16(19-13)20(4)12(3)14-7-5-6-8-15(14)17/h5-8,10-12,18H,9H2,1-4H3. The third-order valence-corrected chi connectivity index (χ3v) is 4.45. The highest BCUT2D eigenvalue weighted by atomic mass is 32.1. The third kappa shape index (κ3) is 4.02. The summed E-state index contributed by atoms with van der Waals surface area (Å²) in [6.07, 6.45) is 0. The Labute approximate surface area is 129 Å². The Morgan fingerprint density at radius 1 is 1.29 bits per heavy atom. The van der Waals surface area contributed by atoms with Crippen molar-refractivity contribution in [2.45, 2.75) is 39.4 Å². The van der Waals surface area contributed by atoms with Gasteiger partial charge < -0.3 is 10.2 Å². The number of nitrogens with zero attached hydrogens (tertiary/aromatic N) is 2. The van der Waals surface area contributed by atoms with E-state index in [-0.39, 0.29) is 11.9 Å². The van der Waals surface area contributed by atoms with Crippen LogP contribution in [0, 0.1) is 5.82 Å². The highest BCUT2D eigenvalue weighted by Crippen LogP contribution is 2.29. The fourth-order valence-electron chi connectivity index (χ4n) is 2.04. The summed E-state index contributed by atoms with van der Waals surface area (Å²) in [5, 5.41) is 6.31. The maximum Gasteiger partial charge on any atom is 0.185 e. The van der Waals surface area contributed by atoms with Crippen molar-refractivity contribution in [3.05, 3.63) is 46.7 Å². The summed E-state index contributed by atoms with van der Waals surface area (Å²) in [5.41, 5.74) is 1.72. The van der Waals surface area contributed by atoms with E-state index < -0.39 is 0 Å². The second kappa shape index (κ2) is 7.00. The molecule has 1 N–H and O–H groups in total. The molecule has 0 fully saturated rings. The van der Waals surface area contributed by atoms with E-state index in [2.05, 4.69) is 29.5 Å². The van der Waals surface area contributed by atoms with Gasteiger partial charge in [-0.25, -0.2) is 9.37 Å². The quantitative estimate of drug-likeness (QED) is 0.875. The van der Waals surface area contributed by atoms with E-state index in [1.54, 1.807) is 17.4 Å². The van der Waals surface area contributed by atoms with Crippen molar-refractivity contribution in [1.82, 2.24) is 10.3 Å². The van der Waals surface area contributed by atoms with E-state index >= 15 is 0 Å². The number of benzene rings is 1. The summed E-state index contributed by atoms with van der Waals surface area (Å²) >= 11 is 1.59. The van der Waals surface area contributed by atoms with Crippen molar-refractivity contribution < 1.29 is 4.39 Å². The summed E-state index contributed by atoms with van der Waals surface area (Å²) in [4.78, 5) is 6.63. The summed E-state index contributed by atoms with van der Waals surface area (Å²) in [6, 6.07) is 7.28. The van der Waals surface area contributed by atoms with Crippen LogP contribution in [0.5, 0.6) is 0 Å². The normalized spacial score (nSPS) is 12.7. The lowest BCUT2D eigenvalue weighted by Crippen LogP contribution is -2.23. The Morgan fingerprint density at radius 3 is 2.67 bits per heavy atom. The molecule has 5 heteroatoms. The van der Waals surface area contributed by atoms with Gasteiger partial charge in [0.25, 0.3) is 0 Å². The molecule has 1 aromatic carbocycles. The largest absolute Gasteiger partial charge is 0.344 e. The fourth-order valence-corrected chi connectivity index (χ4v) is 2.91. The molecule has 0 aliphatic rings. The molecule has 1 aromatic heterocycles. The van der Waals surface area contributed by atoms with Crippen LogP contribution in [0.4, 0.5) is 9.52 Å². The number of hydrogen-bond acceptors (Lipinski definition) is 4. The summed E-state index contributed by atoms with van der Waals surface area (Å²) < 4.78 is 13.9. The number of rotatable bonds is 6. The first-order valence-corrected chi connectivity index (χ1v) is 8.02. The SMILES string of the molecule is CC(C)NCc1csc(N(C)C(C)c2ccccc2F)n1. The van der Waals surface area contributed by atoms with Crippen molar-refractivity contribution in [2.24, 2.45) is 0 Å². The minimum absolute atomic E-state index is 0.0525. The zero-order valence-corrected chi connectivity index (χ0v) is 13.7. The van der Waals surface area contributed by atoms with Crippen LogP contribution >= 0.6 is 11.3 Å². The summed E-state index contributed by atoms with van der Waals surface area (Å²) in [6.45, 7) is 6.97. The maximum atomic E-state index is 13.9. The first-order chi connectivity index (χ1) is 9.99. The van der Waals surface area contributed by atoms with Crippen molar-refractivity contribution in [3.63, 3.8) is 0 Å². The van der Waals surface area contributed by atoms with E-state index in [0.29, 0.717) is 11.6 Å². The predicted octanol–water partition coefficient (Wildman–Crippen LogP) is 3.98. The van der Waals surface area contributed by atoms with Crippen LogP contribution in [-0.2, 0) is 6.54 Å². The van der Waals surface area contributed by atoms with Crippen molar-refractivity contribution in [2.75, 3.05) is 11.9 Å². The minimum atomic E-state index is -0.171. The van der Waals surface area contributed by atoms with E-state index in [1.165, 1.54) is 6.07 Å². The number of nitrogens with one attached hydrogen (secondary N) is 1. The maximum absolute atomic E-state index is 13.9. The van der Waals surface area contributed by atoms with Gasteiger partial charge in [0.2, 0.25) is 0 Å². The van der Waals surface area contributed by atoms with Crippen molar-refractivity contribution >= 4 is 16.5 Å². The molecular formula is C16H22FN3S. The molecule has 0 bridgehead atoms. The molecule has 0 amide bonds. The van der Waals surface area contributed by atoms with Gasteiger partial charge in [-0.1, -0.05) is 32.0 Å². The highest BCUT2D eigenvalue weighted by Gasteiger charge is 2.18. The molecule has 21 heavy (non-hydrogen) atoms. The third-order valence-electron chi connectivity index (χ3n) is 3.47. The first-order valence-electron chi connectivity index (χ1n) is 7.14. The van der Waals surface area contributed by atoms with Crippen LogP contribution < -0.4 is 10.2 Å². The zero-order valence-electron chi connectivity index (χ0n) is 12.9. The lowest BCUT2D eigenvalue weighted by molar-refractivity contribution is 0.579. The van der Waals surface area contributed by atoms with Gasteiger partial charge in [-0.2, -0.15) is 0 Å². The molecule has 3 nitrogen and oxygen atoms in total. The molecule has 0 saturated heterocycles. The van der Waals surface area contributed by atoms with E-state index in [0.717, 1.165) is 17.4 Å². The number of thiazole rings is 1. The smallest absolute Gasteiger partial charge is 0.185 e. The molecule has 2 aromatic rings. The Balaban J connectivity index is 2.09. The molecule has 0 spiro atoms.